The minimum atomic E-state index is -0.0900. The molecule has 0 saturated heterocycles. The molecule has 230 valence electrons. The Hall–Kier alpha value is -2.50. The summed E-state index contributed by atoms with van der Waals surface area (Å²) < 4.78 is 9.74. The Balaban J connectivity index is 0.000000762. The van der Waals surface area contributed by atoms with E-state index in [9.17, 15) is 19.8 Å². The first kappa shape index (κ1) is 38.5. The fourth-order valence-corrected chi connectivity index (χ4v) is 4.40. The summed E-state index contributed by atoms with van der Waals surface area (Å²) in [5.41, 5.74) is 1.67. The molecule has 0 N–H and O–H groups in total. The predicted molar refractivity (Wildman–Crippen MR) is 158 cm³/mol. The Bertz CT molecular complexity index is 808. The first-order valence-electron chi connectivity index (χ1n) is 15.3. The van der Waals surface area contributed by atoms with E-state index in [1.165, 1.54) is 0 Å². The van der Waals surface area contributed by atoms with Gasteiger partial charge in [0.1, 0.15) is 0 Å². The van der Waals surface area contributed by atoms with Gasteiger partial charge in [0.05, 0.1) is 13.2 Å². The fraction of sp³-hybridized carbons (Fsp3) is 0.588. The van der Waals surface area contributed by atoms with Crippen LogP contribution < -0.4 is 10.2 Å². The molecule has 7 heteroatoms. The van der Waals surface area contributed by atoms with E-state index in [2.05, 4.69) is 0 Å². The van der Waals surface area contributed by atoms with Crippen LogP contribution in [0.4, 0.5) is 0 Å². The maximum absolute atomic E-state index is 11.7. The molecule has 0 aromatic carbocycles. The van der Waals surface area contributed by atoms with Crippen molar-refractivity contribution in [2.45, 2.75) is 117 Å². The summed E-state index contributed by atoms with van der Waals surface area (Å²) >= 11 is 0. The summed E-state index contributed by atoms with van der Waals surface area (Å²) in [5.74, 6) is 0.315. The van der Waals surface area contributed by atoms with Crippen LogP contribution >= 0.6 is 0 Å². The van der Waals surface area contributed by atoms with Crippen molar-refractivity contribution >= 4 is 11.9 Å². The first-order chi connectivity index (χ1) is 19.5. The van der Waals surface area contributed by atoms with Gasteiger partial charge in [0.2, 0.25) is 0 Å². The minimum Gasteiger partial charge on any atom is -0.875 e. The molecule has 0 aromatic rings. The quantitative estimate of drug-likeness (QED) is 0.0650. The SMILES string of the molecule is CCOC(=O)CCCCCCCCC([O-])=C1C=CC=C1.CCOC(=O)CCCCCCCCC([O-])=C1C=CC=C1.[Fe+2]. The number of unbranched alkanes of at least 4 members (excludes halogenated alkanes) is 10. The van der Waals surface area contributed by atoms with Crippen LogP contribution in [0.2, 0.25) is 0 Å². The van der Waals surface area contributed by atoms with E-state index in [0.29, 0.717) is 38.9 Å². The fourth-order valence-electron chi connectivity index (χ4n) is 4.40. The summed E-state index contributed by atoms with van der Waals surface area (Å²) in [6.45, 7) is 4.59. The average molecular weight is 611 g/mol. The third-order valence-corrected chi connectivity index (χ3v) is 6.65. The van der Waals surface area contributed by atoms with Crippen molar-refractivity contribution in [3.05, 3.63) is 71.3 Å². The van der Waals surface area contributed by atoms with E-state index in [1.807, 2.05) is 62.5 Å². The molecule has 0 saturated carbocycles. The maximum atomic E-state index is 11.7. The zero-order chi connectivity index (χ0) is 29.3. The number of ether oxygens (including phenoxy) is 2. The monoisotopic (exact) mass is 610 g/mol. The topological polar surface area (TPSA) is 98.7 Å². The van der Waals surface area contributed by atoms with Gasteiger partial charge >= 0.3 is 29.0 Å². The molecule has 2 aliphatic rings. The molecule has 2 aliphatic carbocycles. The summed E-state index contributed by atoms with van der Waals surface area (Å²) in [6, 6.07) is 0. The van der Waals surface area contributed by atoms with E-state index in [-0.39, 0.29) is 40.5 Å². The van der Waals surface area contributed by atoms with Crippen molar-refractivity contribution in [1.82, 2.24) is 0 Å². The largest absolute Gasteiger partial charge is 2.00 e. The van der Waals surface area contributed by atoms with E-state index >= 15 is 0 Å². The average Bonchev–Trinajstić information content (AvgIpc) is 3.67. The summed E-state index contributed by atoms with van der Waals surface area (Å²) in [4.78, 5) is 22.2. The molecule has 0 fully saturated rings. The maximum Gasteiger partial charge on any atom is 2.00 e. The van der Waals surface area contributed by atoms with Gasteiger partial charge in [-0.15, -0.1) is 11.5 Å². The second kappa shape index (κ2) is 26.4. The van der Waals surface area contributed by atoms with Gasteiger partial charge in [-0.05, 0) is 50.7 Å². The Labute approximate surface area is 258 Å². The van der Waals surface area contributed by atoms with Crippen molar-refractivity contribution in [2.24, 2.45) is 0 Å². The number of hydrogen-bond acceptors (Lipinski definition) is 6. The van der Waals surface area contributed by atoms with Crippen molar-refractivity contribution in [2.75, 3.05) is 13.2 Å². The Morgan fingerprint density at radius 3 is 1.07 bits per heavy atom. The third kappa shape index (κ3) is 20.9. The molecule has 0 aliphatic heterocycles. The number of carbonyl (C=O) groups excluding carboxylic acids is 2. The zero-order valence-electron chi connectivity index (χ0n) is 25.1. The van der Waals surface area contributed by atoms with Crippen molar-refractivity contribution in [1.29, 1.82) is 0 Å². The number of allylic oxidation sites excluding steroid dienone is 12. The summed E-state index contributed by atoms with van der Waals surface area (Å²) in [7, 11) is 0. The van der Waals surface area contributed by atoms with Gasteiger partial charge < -0.3 is 19.7 Å². The second-order valence-electron chi connectivity index (χ2n) is 10.0. The van der Waals surface area contributed by atoms with E-state index in [0.717, 1.165) is 88.2 Å². The van der Waals surface area contributed by atoms with Crippen LogP contribution in [-0.2, 0) is 36.1 Å². The molecular weight excluding hydrogens is 560 g/mol. The Morgan fingerprint density at radius 1 is 0.512 bits per heavy atom. The Morgan fingerprint density at radius 2 is 0.780 bits per heavy atom. The van der Waals surface area contributed by atoms with Crippen LogP contribution in [-0.4, -0.2) is 25.2 Å². The molecule has 0 spiro atoms. The van der Waals surface area contributed by atoms with E-state index in [4.69, 9.17) is 9.47 Å². The molecule has 6 nitrogen and oxygen atoms in total. The van der Waals surface area contributed by atoms with Crippen molar-refractivity contribution < 1.29 is 46.3 Å². The van der Waals surface area contributed by atoms with Gasteiger partial charge in [0, 0.05) is 12.8 Å². The van der Waals surface area contributed by atoms with E-state index < -0.39 is 0 Å². The van der Waals surface area contributed by atoms with Gasteiger partial charge in [-0.3, -0.25) is 9.59 Å². The van der Waals surface area contributed by atoms with Crippen LogP contribution in [0.25, 0.3) is 0 Å². The van der Waals surface area contributed by atoms with E-state index in [1.54, 1.807) is 0 Å². The van der Waals surface area contributed by atoms with Crippen LogP contribution in [0, 0.1) is 0 Å². The standard InChI is InChI=1S/2C17H26O3.Fe/c2*1-2-20-17(19)14-8-6-4-3-5-7-13-16(18)15-11-9-10-12-15;/h2*9-12,18H,2-8,13-14H2,1H3;/q;;+2/p-2. The molecule has 0 atom stereocenters. The summed E-state index contributed by atoms with van der Waals surface area (Å²) in [6.07, 6.45) is 30.0. The molecule has 2 rings (SSSR count). The molecule has 0 bridgehead atoms. The molecule has 0 amide bonds. The van der Waals surface area contributed by atoms with Gasteiger partial charge in [0.15, 0.2) is 0 Å². The normalized spacial score (nSPS) is 12.6. The predicted octanol–water partition coefficient (Wildman–Crippen LogP) is 6.82. The minimum absolute atomic E-state index is 0. The smallest absolute Gasteiger partial charge is 0.875 e. The van der Waals surface area contributed by atoms with Gasteiger partial charge in [0.25, 0.3) is 0 Å². The molecular formula is C34H50FeO6. The molecule has 0 heterocycles. The van der Waals surface area contributed by atoms with Gasteiger partial charge in [-0.25, -0.2) is 0 Å². The third-order valence-electron chi connectivity index (χ3n) is 6.65. The van der Waals surface area contributed by atoms with Crippen LogP contribution in [0.5, 0.6) is 0 Å². The Kier molecular flexibility index (Phi) is 24.8. The van der Waals surface area contributed by atoms with Crippen LogP contribution in [0.1, 0.15) is 117 Å². The van der Waals surface area contributed by atoms with Gasteiger partial charge in [-0.2, -0.15) is 0 Å². The molecule has 0 aromatic heterocycles. The molecule has 0 radical (unpaired) electrons. The first-order valence-corrected chi connectivity index (χ1v) is 15.3. The number of carbonyl (C=O) groups is 2. The van der Waals surface area contributed by atoms with Crippen LogP contribution in [0.15, 0.2) is 71.3 Å². The van der Waals surface area contributed by atoms with Crippen molar-refractivity contribution in [3.63, 3.8) is 0 Å². The molecule has 0 unspecified atom stereocenters. The number of hydrogen-bond donors (Lipinski definition) is 0. The number of rotatable bonds is 20. The van der Waals surface area contributed by atoms with Crippen molar-refractivity contribution in [3.8, 4) is 0 Å². The zero-order valence-corrected chi connectivity index (χ0v) is 26.3. The second-order valence-corrected chi connectivity index (χ2v) is 10.0. The molecule has 41 heavy (non-hydrogen) atoms. The van der Waals surface area contributed by atoms with Crippen LogP contribution in [0.3, 0.4) is 0 Å². The number of esters is 2. The summed E-state index contributed by atoms with van der Waals surface area (Å²) in [5, 5.41) is 23.5. The van der Waals surface area contributed by atoms with Gasteiger partial charge in [-0.1, -0.05) is 113 Å².